The van der Waals surface area contributed by atoms with Gasteiger partial charge in [0.15, 0.2) is 0 Å². The van der Waals surface area contributed by atoms with Crippen LogP contribution in [0.1, 0.15) is 11.1 Å². The van der Waals surface area contributed by atoms with Crippen molar-refractivity contribution in [1.29, 1.82) is 0 Å². The molecular weight excluding hydrogens is 222 g/mol. The first-order valence-electron chi connectivity index (χ1n) is 6.29. The van der Waals surface area contributed by atoms with Gasteiger partial charge in [-0.05, 0) is 30.3 Å². The SMILES string of the molecule is CNCc1cccc(OCCc2ccccc2)c1. The van der Waals surface area contributed by atoms with Crippen molar-refractivity contribution in [3.63, 3.8) is 0 Å². The fourth-order valence-electron chi connectivity index (χ4n) is 1.88. The molecule has 0 saturated heterocycles. The molecule has 2 heteroatoms. The number of nitrogens with one attached hydrogen (secondary N) is 1. The maximum atomic E-state index is 5.77. The van der Waals surface area contributed by atoms with Crippen molar-refractivity contribution >= 4 is 0 Å². The van der Waals surface area contributed by atoms with Gasteiger partial charge in [0.25, 0.3) is 0 Å². The molecule has 0 aromatic heterocycles. The third-order valence-electron chi connectivity index (χ3n) is 2.78. The Balaban J connectivity index is 1.84. The van der Waals surface area contributed by atoms with Gasteiger partial charge in [-0.25, -0.2) is 0 Å². The molecule has 0 aliphatic carbocycles. The monoisotopic (exact) mass is 241 g/mol. The van der Waals surface area contributed by atoms with Crippen LogP contribution in [0.3, 0.4) is 0 Å². The van der Waals surface area contributed by atoms with E-state index in [2.05, 4.69) is 41.7 Å². The van der Waals surface area contributed by atoms with Crippen LogP contribution in [-0.2, 0) is 13.0 Å². The third-order valence-corrected chi connectivity index (χ3v) is 2.78. The molecule has 0 aliphatic heterocycles. The topological polar surface area (TPSA) is 21.3 Å². The first kappa shape index (κ1) is 12.7. The van der Waals surface area contributed by atoms with Gasteiger partial charge in [-0.15, -0.1) is 0 Å². The van der Waals surface area contributed by atoms with Crippen LogP contribution in [0, 0.1) is 0 Å². The molecule has 0 atom stereocenters. The van der Waals surface area contributed by atoms with E-state index in [1.807, 2.05) is 25.2 Å². The van der Waals surface area contributed by atoms with E-state index >= 15 is 0 Å². The van der Waals surface area contributed by atoms with Gasteiger partial charge in [0.1, 0.15) is 5.75 Å². The van der Waals surface area contributed by atoms with E-state index in [4.69, 9.17) is 4.74 Å². The summed E-state index contributed by atoms with van der Waals surface area (Å²) in [7, 11) is 1.95. The average molecular weight is 241 g/mol. The number of hydrogen-bond donors (Lipinski definition) is 1. The molecule has 1 N–H and O–H groups in total. The molecule has 0 saturated carbocycles. The Labute approximate surface area is 109 Å². The van der Waals surface area contributed by atoms with Gasteiger partial charge >= 0.3 is 0 Å². The van der Waals surface area contributed by atoms with Crippen molar-refractivity contribution in [1.82, 2.24) is 5.32 Å². The van der Waals surface area contributed by atoms with Crippen LogP contribution >= 0.6 is 0 Å². The molecule has 0 aliphatic rings. The second-order valence-electron chi connectivity index (χ2n) is 4.26. The lowest BCUT2D eigenvalue weighted by Gasteiger charge is -2.08. The number of rotatable bonds is 6. The van der Waals surface area contributed by atoms with E-state index in [0.29, 0.717) is 6.61 Å². The minimum absolute atomic E-state index is 0.715. The van der Waals surface area contributed by atoms with Crippen molar-refractivity contribution in [2.24, 2.45) is 0 Å². The summed E-state index contributed by atoms with van der Waals surface area (Å²) in [6, 6.07) is 18.6. The molecule has 0 unspecified atom stereocenters. The highest BCUT2D eigenvalue weighted by Gasteiger charge is 1.97. The van der Waals surface area contributed by atoms with Crippen LogP contribution in [0.5, 0.6) is 5.75 Å². The van der Waals surface area contributed by atoms with Crippen LogP contribution in [0.15, 0.2) is 54.6 Å². The number of hydrogen-bond acceptors (Lipinski definition) is 2. The molecule has 0 fully saturated rings. The highest BCUT2D eigenvalue weighted by Crippen LogP contribution is 2.13. The minimum atomic E-state index is 0.715. The summed E-state index contributed by atoms with van der Waals surface area (Å²) in [4.78, 5) is 0. The zero-order valence-corrected chi connectivity index (χ0v) is 10.7. The number of ether oxygens (including phenoxy) is 1. The summed E-state index contributed by atoms with van der Waals surface area (Å²) in [6.07, 6.45) is 0.942. The Morgan fingerprint density at radius 2 is 1.72 bits per heavy atom. The van der Waals surface area contributed by atoms with Crippen molar-refractivity contribution in [3.05, 3.63) is 65.7 Å². The molecule has 94 valence electrons. The maximum absolute atomic E-state index is 5.77. The van der Waals surface area contributed by atoms with Crippen LogP contribution < -0.4 is 10.1 Å². The first-order valence-corrected chi connectivity index (χ1v) is 6.29. The predicted octanol–water partition coefficient (Wildman–Crippen LogP) is 3.03. The molecular formula is C16H19NO. The predicted molar refractivity (Wildman–Crippen MR) is 74.8 cm³/mol. The normalized spacial score (nSPS) is 10.3. The summed E-state index contributed by atoms with van der Waals surface area (Å²) >= 11 is 0. The Morgan fingerprint density at radius 3 is 2.50 bits per heavy atom. The van der Waals surface area contributed by atoms with Gasteiger partial charge in [0.2, 0.25) is 0 Å². The maximum Gasteiger partial charge on any atom is 0.119 e. The van der Waals surface area contributed by atoms with Gasteiger partial charge in [-0.1, -0.05) is 42.5 Å². The molecule has 2 aromatic rings. The molecule has 2 nitrogen and oxygen atoms in total. The summed E-state index contributed by atoms with van der Waals surface area (Å²) in [5.41, 5.74) is 2.55. The van der Waals surface area contributed by atoms with E-state index in [1.165, 1.54) is 11.1 Å². The molecule has 0 bridgehead atoms. The van der Waals surface area contributed by atoms with Crippen molar-refractivity contribution in [2.45, 2.75) is 13.0 Å². The fraction of sp³-hybridized carbons (Fsp3) is 0.250. The quantitative estimate of drug-likeness (QED) is 0.839. The number of benzene rings is 2. The van der Waals surface area contributed by atoms with Crippen LogP contribution in [-0.4, -0.2) is 13.7 Å². The lowest BCUT2D eigenvalue weighted by Crippen LogP contribution is -2.06. The van der Waals surface area contributed by atoms with Crippen molar-refractivity contribution in [3.8, 4) is 5.75 Å². The van der Waals surface area contributed by atoms with Crippen LogP contribution in [0.25, 0.3) is 0 Å². The summed E-state index contributed by atoms with van der Waals surface area (Å²) in [5, 5.41) is 3.14. The molecule has 2 rings (SSSR count). The molecule has 2 aromatic carbocycles. The van der Waals surface area contributed by atoms with Gasteiger partial charge in [0.05, 0.1) is 6.61 Å². The van der Waals surface area contributed by atoms with E-state index in [9.17, 15) is 0 Å². The van der Waals surface area contributed by atoms with E-state index in [-0.39, 0.29) is 0 Å². The Bertz CT molecular complexity index is 468. The third kappa shape index (κ3) is 3.90. The Morgan fingerprint density at radius 1 is 0.944 bits per heavy atom. The van der Waals surface area contributed by atoms with E-state index in [0.717, 1.165) is 18.7 Å². The van der Waals surface area contributed by atoms with Gasteiger partial charge in [-0.2, -0.15) is 0 Å². The fourth-order valence-corrected chi connectivity index (χ4v) is 1.88. The first-order chi connectivity index (χ1) is 8.88. The highest BCUT2D eigenvalue weighted by atomic mass is 16.5. The average Bonchev–Trinajstić information content (AvgIpc) is 2.41. The van der Waals surface area contributed by atoms with Gasteiger partial charge < -0.3 is 10.1 Å². The van der Waals surface area contributed by atoms with E-state index in [1.54, 1.807) is 0 Å². The van der Waals surface area contributed by atoms with Crippen LogP contribution in [0.4, 0.5) is 0 Å². The molecule has 0 radical (unpaired) electrons. The minimum Gasteiger partial charge on any atom is -0.493 e. The Kier molecular flexibility index (Phi) is 4.79. The lowest BCUT2D eigenvalue weighted by atomic mass is 10.2. The van der Waals surface area contributed by atoms with Crippen LogP contribution in [0.2, 0.25) is 0 Å². The van der Waals surface area contributed by atoms with Gasteiger partial charge in [-0.3, -0.25) is 0 Å². The lowest BCUT2D eigenvalue weighted by molar-refractivity contribution is 0.321. The smallest absolute Gasteiger partial charge is 0.119 e. The highest BCUT2D eigenvalue weighted by molar-refractivity contribution is 5.28. The largest absolute Gasteiger partial charge is 0.493 e. The van der Waals surface area contributed by atoms with E-state index < -0.39 is 0 Å². The summed E-state index contributed by atoms with van der Waals surface area (Å²) in [5.74, 6) is 0.943. The Hall–Kier alpha value is -1.80. The molecule has 18 heavy (non-hydrogen) atoms. The summed E-state index contributed by atoms with van der Waals surface area (Å²) < 4.78 is 5.77. The molecule has 0 amide bonds. The molecule has 0 heterocycles. The van der Waals surface area contributed by atoms with Crippen molar-refractivity contribution < 1.29 is 4.74 Å². The summed E-state index contributed by atoms with van der Waals surface area (Å²) in [6.45, 7) is 1.59. The zero-order chi connectivity index (χ0) is 12.6. The standard InChI is InChI=1S/C16H19NO/c1-17-13-15-8-5-9-16(12-15)18-11-10-14-6-3-2-4-7-14/h2-9,12,17H,10-11,13H2,1H3. The second-order valence-corrected chi connectivity index (χ2v) is 4.26. The van der Waals surface area contributed by atoms with Gasteiger partial charge in [0, 0.05) is 13.0 Å². The zero-order valence-electron chi connectivity index (χ0n) is 10.7. The molecule has 0 spiro atoms. The van der Waals surface area contributed by atoms with Crippen molar-refractivity contribution in [2.75, 3.05) is 13.7 Å². The second kappa shape index (κ2) is 6.82.